The van der Waals surface area contributed by atoms with Crippen LogP contribution in [0.1, 0.15) is 40.0 Å². The zero-order valence-electron chi connectivity index (χ0n) is 19.1. The van der Waals surface area contributed by atoms with Crippen LogP contribution in [0.2, 0.25) is 0 Å². The third-order valence-electron chi connectivity index (χ3n) is 4.50. The maximum absolute atomic E-state index is 12.4. The number of aliphatic hydroxyl groups excluding tert-OH is 3. The third kappa shape index (κ3) is 12.5. The molecule has 186 valence electrons. The molecule has 0 spiro atoms. The van der Waals surface area contributed by atoms with Gasteiger partial charge in [-0.1, -0.05) is 20.8 Å². The highest BCUT2D eigenvalue weighted by Crippen LogP contribution is 2.01. The lowest BCUT2D eigenvalue weighted by Gasteiger charge is -2.23. The molecule has 0 fully saturated rings. The van der Waals surface area contributed by atoms with Gasteiger partial charge < -0.3 is 41.9 Å². The first-order valence-electron chi connectivity index (χ1n) is 10.9. The highest BCUT2D eigenvalue weighted by atomic mass is 16.3. The van der Waals surface area contributed by atoms with E-state index in [0.717, 1.165) is 12.8 Å². The minimum absolute atomic E-state index is 0.0893. The summed E-state index contributed by atoms with van der Waals surface area (Å²) in [5.41, 5.74) is 0. The second-order valence-corrected chi connectivity index (χ2v) is 7.72. The Hall–Kier alpha value is -2.28. The number of carbonyl (C=O) groups is 4. The predicted octanol–water partition coefficient (Wildman–Crippen LogP) is -3.03. The number of aliphatic hydroxyl groups is 3. The van der Waals surface area contributed by atoms with Crippen molar-refractivity contribution in [1.82, 2.24) is 26.6 Å². The van der Waals surface area contributed by atoms with E-state index in [0.29, 0.717) is 25.6 Å². The predicted molar refractivity (Wildman–Crippen MR) is 117 cm³/mol. The van der Waals surface area contributed by atoms with E-state index in [1.807, 2.05) is 6.92 Å². The van der Waals surface area contributed by atoms with Crippen LogP contribution in [0.3, 0.4) is 0 Å². The summed E-state index contributed by atoms with van der Waals surface area (Å²) in [6, 6.07) is -4.02. The van der Waals surface area contributed by atoms with Crippen molar-refractivity contribution in [3.05, 3.63) is 0 Å². The summed E-state index contributed by atoms with van der Waals surface area (Å²) in [6.45, 7) is 5.26. The number of nitrogens with one attached hydrogen (secondary N) is 5. The topological polar surface area (TPSA) is 189 Å². The van der Waals surface area contributed by atoms with E-state index in [1.54, 1.807) is 0 Å². The van der Waals surface area contributed by atoms with Gasteiger partial charge in [0, 0.05) is 19.5 Å². The molecule has 0 radical (unpaired) electrons. The third-order valence-corrected chi connectivity index (χ3v) is 4.50. The van der Waals surface area contributed by atoms with Gasteiger partial charge in [-0.05, 0) is 25.3 Å². The van der Waals surface area contributed by atoms with Gasteiger partial charge in [0.25, 0.3) is 0 Å². The molecule has 0 bridgehead atoms. The fourth-order valence-electron chi connectivity index (χ4n) is 2.62. The number of hydrogen-bond donors (Lipinski definition) is 8. The number of carbonyl (C=O) groups excluding carboxylic acids is 4. The van der Waals surface area contributed by atoms with E-state index in [-0.39, 0.29) is 6.42 Å². The summed E-state index contributed by atoms with van der Waals surface area (Å²) in [5, 5.41) is 40.7. The number of amides is 4. The first-order chi connectivity index (χ1) is 15.2. The molecule has 0 aliphatic carbocycles. The van der Waals surface area contributed by atoms with Crippen molar-refractivity contribution >= 4 is 23.6 Å². The average molecular weight is 462 g/mol. The fraction of sp³-hybridized carbons (Fsp3) is 0.800. The van der Waals surface area contributed by atoms with Crippen molar-refractivity contribution < 1.29 is 34.5 Å². The van der Waals surface area contributed by atoms with Crippen LogP contribution < -0.4 is 26.6 Å². The Morgan fingerprint density at radius 3 is 1.72 bits per heavy atom. The molecule has 0 aromatic heterocycles. The normalized spacial score (nSPS) is 13.7. The molecule has 0 saturated carbocycles. The average Bonchev–Trinajstić information content (AvgIpc) is 2.76. The minimum atomic E-state index is -1.45. The van der Waals surface area contributed by atoms with E-state index in [2.05, 4.69) is 40.4 Å². The Labute approximate surface area is 188 Å². The lowest BCUT2D eigenvalue weighted by Crippen LogP contribution is -2.59. The molecule has 0 rings (SSSR count). The summed E-state index contributed by atoms with van der Waals surface area (Å²) in [5.74, 6) is -2.35. The second kappa shape index (κ2) is 17.3. The molecular weight excluding hydrogens is 422 g/mol. The van der Waals surface area contributed by atoms with Crippen molar-refractivity contribution in [3.63, 3.8) is 0 Å². The Morgan fingerprint density at radius 2 is 1.25 bits per heavy atom. The molecule has 4 amide bonds. The van der Waals surface area contributed by atoms with Gasteiger partial charge in [-0.2, -0.15) is 0 Å². The first kappa shape index (κ1) is 29.7. The lowest BCUT2D eigenvalue weighted by molar-refractivity contribution is -0.135. The molecule has 12 heteroatoms. The van der Waals surface area contributed by atoms with Gasteiger partial charge in [-0.15, -0.1) is 0 Å². The highest BCUT2D eigenvalue weighted by Gasteiger charge is 2.28. The fourth-order valence-corrected chi connectivity index (χ4v) is 2.62. The molecule has 0 heterocycles. The second-order valence-electron chi connectivity index (χ2n) is 7.72. The number of hydrogen-bond acceptors (Lipinski definition) is 8. The smallest absolute Gasteiger partial charge is 0.245 e. The summed E-state index contributed by atoms with van der Waals surface area (Å²) in [6.07, 6.45) is 1.74. The molecule has 0 aliphatic rings. The molecule has 0 aliphatic heterocycles. The SMILES string of the molecule is CCNCCC(=O)N[C@H](CO)C(=O)N[C@H](CO)C(=O)N[C@H](CO)C(=O)NCCCC(C)C. The standard InChI is InChI=1S/C20H39N5O7/c1-4-21-9-7-17(29)23-15(11-27)19(31)25-16(12-28)20(32)24-14(10-26)18(30)22-8-5-6-13(2)3/h13-16,21,26-28H,4-12H2,1-3H3,(H,22,30)(H,23,29)(H,24,32)(H,25,31)/t14-,15-,16-/m1/s1. The molecule has 8 N–H and O–H groups in total. The van der Waals surface area contributed by atoms with Crippen LogP contribution in [-0.2, 0) is 19.2 Å². The van der Waals surface area contributed by atoms with Gasteiger partial charge in [0.1, 0.15) is 18.1 Å². The van der Waals surface area contributed by atoms with E-state index < -0.39 is 61.6 Å². The summed E-state index contributed by atoms with van der Waals surface area (Å²) in [4.78, 5) is 48.7. The zero-order chi connectivity index (χ0) is 24.5. The quantitative estimate of drug-likeness (QED) is 0.105. The van der Waals surface area contributed by atoms with E-state index >= 15 is 0 Å². The highest BCUT2D eigenvalue weighted by molar-refractivity contribution is 5.94. The molecular formula is C20H39N5O7. The Morgan fingerprint density at radius 1 is 0.750 bits per heavy atom. The van der Waals surface area contributed by atoms with Gasteiger partial charge in [0.05, 0.1) is 19.8 Å². The molecule has 0 unspecified atom stereocenters. The Balaban J connectivity index is 4.74. The number of rotatable bonds is 17. The summed E-state index contributed by atoms with van der Waals surface area (Å²) < 4.78 is 0. The van der Waals surface area contributed by atoms with Crippen molar-refractivity contribution in [2.45, 2.75) is 58.2 Å². The van der Waals surface area contributed by atoms with Crippen LogP contribution in [0.5, 0.6) is 0 Å². The molecule has 3 atom stereocenters. The van der Waals surface area contributed by atoms with Crippen LogP contribution in [0.25, 0.3) is 0 Å². The maximum Gasteiger partial charge on any atom is 0.245 e. The van der Waals surface area contributed by atoms with Crippen LogP contribution >= 0.6 is 0 Å². The van der Waals surface area contributed by atoms with Crippen LogP contribution in [0.15, 0.2) is 0 Å². The Kier molecular flexibility index (Phi) is 16.1. The van der Waals surface area contributed by atoms with Crippen molar-refractivity contribution in [2.75, 3.05) is 39.5 Å². The van der Waals surface area contributed by atoms with Gasteiger partial charge in [-0.25, -0.2) is 0 Å². The van der Waals surface area contributed by atoms with Gasteiger partial charge in [0.15, 0.2) is 0 Å². The van der Waals surface area contributed by atoms with Crippen LogP contribution in [0, 0.1) is 5.92 Å². The Bertz CT molecular complexity index is 589. The molecule has 0 aromatic carbocycles. The van der Waals surface area contributed by atoms with Crippen molar-refractivity contribution in [3.8, 4) is 0 Å². The van der Waals surface area contributed by atoms with E-state index in [1.165, 1.54) is 0 Å². The summed E-state index contributed by atoms with van der Waals surface area (Å²) >= 11 is 0. The van der Waals surface area contributed by atoms with Crippen LogP contribution in [-0.4, -0.2) is 96.5 Å². The van der Waals surface area contributed by atoms with Crippen LogP contribution in [0.4, 0.5) is 0 Å². The van der Waals surface area contributed by atoms with E-state index in [9.17, 15) is 34.5 Å². The lowest BCUT2D eigenvalue weighted by atomic mass is 10.1. The molecule has 12 nitrogen and oxygen atoms in total. The monoisotopic (exact) mass is 461 g/mol. The van der Waals surface area contributed by atoms with Gasteiger partial charge in [0.2, 0.25) is 23.6 Å². The first-order valence-corrected chi connectivity index (χ1v) is 10.9. The van der Waals surface area contributed by atoms with E-state index in [4.69, 9.17) is 0 Å². The molecule has 0 saturated heterocycles. The maximum atomic E-state index is 12.4. The minimum Gasteiger partial charge on any atom is -0.394 e. The molecule has 0 aromatic rings. The van der Waals surface area contributed by atoms with Gasteiger partial charge in [-0.3, -0.25) is 19.2 Å². The zero-order valence-corrected chi connectivity index (χ0v) is 19.1. The summed E-state index contributed by atoms with van der Waals surface area (Å²) in [7, 11) is 0. The van der Waals surface area contributed by atoms with Gasteiger partial charge >= 0.3 is 0 Å². The molecule has 32 heavy (non-hydrogen) atoms. The van der Waals surface area contributed by atoms with Crippen molar-refractivity contribution in [2.24, 2.45) is 5.92 Å². The van der Waals surface area contributed by atoms with Crippen molar-refractivity contribution in [1.29, 1.82) is 0 Å². The largest absolute Gasteiger partial charge is 0.394 e.